The fraction of sp³-hybridized carbons (Fsp3) is 0. The number of halogens is 3. The van der Waals surface area contributed by atoms with Crippen molar-refractivity contribution in [3.05, 3.63) is 90.6 Å². The molecule has 0 saturated carbocycles. The molecule has 6 nitrogen and oxygen atoms in total. The Labute approximate surface area is 168 Å². The van der Waals surface area contributed by atoms with Gasteiger partial charge in [0.05, 0.1) is 0 Å². The van der Waals surface area contributed by atoms with Gasteiger partial charge in [0.2, 0.25) is 35.5 Å². The highest BCUT2D eigenvalue weighted by Gasteiger charge is 2.10. The predicted octanol–water partition coefficient (Wildman–Crippen LogP) is 5.67. The van der Waals surface area contributed by atoms with Crippen LogP contribution >= 0.6 is 0 Å². The maximum absolute atomic E-state index is 13.4. The van der Waals surface area contributed by atoms with Gasteiger partial charge in [-0.2, -0.15) is 28.1 Å². The van der Waals surface area contributed by atoms with Crippen LogP contribution in [0.5, 0.6) is 34.9 Å². The normalized spacial score (nSPS) is 10.5. The molecule has 30 heavy (non-hydrogen) atoms. The Morgan fingerprint density at radius 1 is 0.467 bits per heavy atom. The maximum atomic E-state index is 13.4. The number of nitrogens with zero attached hydrogens (tertiary/aromatic N) is 3. The standard InChI is InChI=1S/C21H12F3N3O3/c22-16-4-1-7-19(25-16)28-13-10-14(29-20-8-2-5-17(23)26-20)12-15(11-13)30-21-9-3-6-18(24)27-21/h1-12H. The van der Waals surface area contributed by atoms with Crippen molar-refractivity contribution in [3.8, 4) is 34.9 Å². The molecule has 3 aromatic heterocycles. The Hall–Kier alpha value is -4.14. The number of benzene rings is 1. The number of hydrogen-bond donors (Lipinski definition) is 0. The summed E-state index contributed by atoms with van der Waals surface area (Å²) >= 11 is 0. The number of hydrogen-bond acceptors (Lipinski definition) is 6. The average Bonchev–Trinajstić information content (AvgIpc) is 2.68. The molecular weight excluding hydrogens is 399 g/mol. The van der Waals surface area contributed by atoms with Crippen LogP contribution in [0.2, 0.25) is 0 Å². The molecule has 4 rings (SSSR count). The van der Waals surface area contributed by atoms with E-state index >= 15 is 0 Å². The molecule has 3 heterocycles. The lowest BCUT2D eigenvalue weighted by Gasteiger charge is -2.12. The molecule has 0 atom stereocenters. The first-order valence-corrected chi connectivity index (χ1v) is 8.60. The Kier molecular flexibility index (Phi) is 5.42. The van der Waals surface area contributed by atoms with Crippen molar-refractivity contribution in [3.63, 3.8) is 0 Å². The highest BCUT2D eigenvalue weighted by Crippen LogP contribution is 2.34. The lowest BCUT2D eigenvalue weighted by molar-refractivity contribution is 0.410. The fourth-order valence-electron chi connectivity index (χ4n) is 2.42. The highest BCUT2D eigenvalue weighted by atomic mass is 19.1. The monoisotopic (exact) mass is 411 g/mol. The van der Waals surface area contributed by atoms with Gasteiger partial charge in [-0.15, -0.1) is 0 Å². The summed E-state index contributed by atoms with van der Waals surface area (Å²) in [6.07, 6.45) is 0. The smallest absolute Gasteiger partial charge is 0.221 e. The van der Waals surface area contributed by atoms with Crippen LogP contribution in [0, 0.1) is 17.8 Å². The van der Waals surface area contributed by atoms with Crippen molar-refractivity contribution in [2.45, 2.75) is 0 Å². The first-order chi connectivity index (χ1) is 14.5. The van der Waals surface area contributed by atoms with Gasteiger partial charge in [0.1, 0.15) is 17.2 Å². The van der Waals surface area contributed by atoms with E-state index in [1.165, 1.54) is 72.8 Å². The molecule has 0 unspecified atom stereocenters. The third-order valence-electron chi connectivity index (χ3n) is 3.59. The molecule has 0 spiro atoms. The summed E-state index contributed by atoms with van der Waals surface area (Å²) in [4.78, 5) is 10.9. The number of rotatable bonds is 6. The SMILES string of the molecule is Fc1cccc(Oc2cc(Oc3cccc(F)n3)cc(Oc3cccc(F)n3)c2)n1. The van der Waals surface area contributed by atoms with Gasteiger partial charge in [0, 0.05) is 36.4 Å². The van der Waals surface area contributed by atoms with E-state index in [2.05, 4.69) is 15.0 Å². The average molecular weight is 411 g/mol. The number of aromatic nitrogens is 3. The van der Waals surface area contributed by atoms with Crippen molar-refractivity contribution < 1.29 is 27.4 Å². The molecule has 0 N–H and O–H groups in total. The van der Waals surface area contributed by atoms with E-state index in [1.54, 1.807) is 0 Å². The van der Waals surface area contributed by atoms with Gasteiger partial charge >= 0.3 is 0 Å². The van der Waals surface area contributed by atoms with Crippen LogP contribution in [0.25, 0.3) is 0 Å². The second-order valence-corrected chi connectivity index (χ2v) is 5.84. The van der Waals surface area contributed by atoms with Crippen molar-refractivity contribution in [1.82, 2.24) is 15.0 Å². The molecule has 0 fully saturated rings. The summed E-state index contributed by atoms with van der Waals surface area (Å²) in [6, 6.07) is 16.5. The Balaban J connectivity index is 1.67. The molecule has 4 aromatic rings. The van der Waals surface area contributed by atoms with Gasteiger partial charge < -0.3 is 14.2 Å². The van der Waals surface area contributed by atoms with Gasteiger partial charge in [-0.3, -0.25) is 0 Å². The second kappa shape index (κ2) is 8.48. The van der Waals surface area contributed by atoms with Crippen LogP contribution in [0.4, 0.5) is 13.2 Å². The van der Waals surface area contributed by atoms with Crippen molar-refractivity contribution >= 4 is 0 Å². The van der Waals surface area contributed by atoms with Gasteiger partial charge in [0.15, 0.2) is 0 Å². The van der Waals surface area contributed by atoms with E-state index in [4.69, 9.17) is 14.2 Å². The van der Waals surface area contributed by atoms with Crippen molar-refractivity contribution in [2.24, 2.45) is 0 Å². The fourth-order valence-corrected chi connectivity index (χ4v) is 2.42. The zero-order chi connectivity index (χ0) is 20.9. The topological polar surface area (TPSA) is 66.4 Å². The van der Waals surface area contributed by atoms with Gasteiger partial charge in [-0.05, 0) is 18.2 Å². The lowest BCUT2D eigenvalue weighted by Crippen LogP contribution is -1.95. The minimum atomic E-state index is -0.718. The molecule has 0 radical (unpaired) electrons. The number of ether oxygens (including phenoxy) is 3. The summed E-state index contributed by atoms with van der Waals surface area (Å²) in [7, 11) is 0. The second-order valence-electron chi connectivity index (χ2n) is 5.84. The zero-order valence-corrected chi connectivity index (χ0v) is 15.1. The molecule has 0 aliphatic rings. The van der Waals surface area contributed by atoms with Crippen molar-refractivity contribution in [1.29, 1.82) is 0 Å². The maximum Gasteiger partial charge on any atom is 0.221 e. The Bertz CT molecular complexity index is 1030. The van der Waals surface area contributed by atoms with Gasteiger partial charge in [-0.25, -0.2) is 0 Å². The summed E-state index contributed by atoms with van der Waals surface area (Å²) in [5.74, 6) is -1.66. The summed E-state index contributed by atoms with van der Waals surface area (Å²) in [6.45, 7) is 0. The van der Waals surface area contributed by atoms with E-state index in [0.717, 1.165) is 0 Å². The Morgan fingerprint density at radius 2 is 0.767 bits per heavy atom. The molecule has 0 aliphatic carbocycles. The molecule has 0 aliphatic heterocycles. The number of pyridine rings is 3. The van der Waals surface area contributed by atoms with E-state index in [1.807, 2.05) is 0 Å². The minimum absolute atomic E-state index is 0.00846. The van der Waals surface area contributed by atoms with Crippen LogP contribution in [-0.4, -0.2) is 15.0 Å². The predicted molar refractivity (Wildman–Crippen MR) is 99.2 cm³/mol. The van der Waals surface area contributed by atoms with Gasteiger partial charge in [-0.1, -0.05) is 18.2 Å². The van der Waals surface area contributed by atoms with E-state index in [-0.39, 0.29) is 34.9 Å². The van der Waals surface area contributed by atoms with Crippen LogP contribution < -0.4 is 14.2 Å². The summed E-state index contributed by atoms with van der Waals surface area (Å²) in [5.41, 5.74) is 0. The largest absolute Gasteiger partial charge is 0.439 e. The lowest BCUT2D eigenvalue weighted by atomic mass is 10.3. The Morgan fingerprint density at radius 3 is 1.03 bits per heavy atom. The summed E-state index contributed by atoms with van der Waals surface area (Å²) in [5, 5.41) is 0. The minimum Gasteiger partial charge on any atom is -0.439 e. The molecular formula is C21H12F3N3O3. The van der Waals surface area contributed by atoms with Crippen molar-refractivity contribution in [2.75, 3.05) is 0 Å². The van der Waals surface area contributed by atoms with Crippen LogP contribution in [-0.2, 0) is 0 Å². The third kappa shape index (κ3) is 5.02. The van der Waals surface area contributed by atoms with E-state index in [0.29, 0.717) is 0 Å². The van der Waals surface area contributed by atoms with Gasteiger partial charge in [0.25, 0.3) is 0 Å². The third-order valence-corrected chi connectivity index (χ3v) is 3.59. The molecule has 9 heteroatoms. The molecule has 0 saturated heterocycles. The molecule has 0 amide bonds. The van der Waals surface area contributed by atoms with Crippen LogP contribution in [0.1, 0.15) is 0 Å². The molecule has 0 bridgehead atoms. The first kappa shape index (κ1) is 19.2. The highest BCUT2D eigenvalue weighted by molar-refractivity contribution is 5.45. The van der Waals surface area contributed by atoms with Crippen LogP contribution in [0.15, 0.2) is 72.8 Å². The molecule has 150 valence electrons. The van der Waals surface area contributed by atoms with E-state index in [9.17, 15) is 13.2 Å². The van der Waals surface area contributed by atoms with E-state index < -0.39 is 17.8 Å². The van der Waals surface area contributed by atoms with Crippen LogP contribution in [0.3, 0.4) is 0 Å². The first-order valence-electron chi connectivity index (χ1n) is 8.60. The molecule has 1 aromatic carbocycles. The summed E-state index contributed by atoms with van der Waals surface area (Å²) < 4.78 is 56.7. The zero-order valence-electron chi connectivity index (χ0n) is 15.1. The quantitative estimate of drug-likeness (QED) is 0.381.